The van der Waals surface area contributed by atoms with Gasteiger partial charge in [-0.3, -0.25) is 9.59 Å². The molecule has 3 saturated carbocycles. The number of Topliss-reactive ketones (excluding diaryl/α,β-unsaturated/α-hetero) is 1. The molecule has 10 atom stereocenters. The fraction of sp³-hybridized carbons (Fsp3) is 0.760. The summed E-state index contributed by atoms with van der Waals surface area (Å²) in [6, 6.07) is 0. The van der Waals surface area contributed by atoms with Gasteiger partial charge in [-0.1, -0.05) is 19.9 Å². The molecule has 1 unspecified atom stereocenters. The molecule has 0 aromatic heterocycles. The monoisotopic (exact) mass is 468 g/mol. The lowest BCUT2D eigenvalue weighted by molar-refractivity contribution is -0.244. The molecule has 0 amide bonds. The van der Waals surface area contributed by atoms with Crippen molar-refractivity contribution >= 4 is 11.6 Å². The Hall–Kier alpha value is -1.48. The van der Waals surface area contributed by atoms with E-state index in [-0.39, 0.29) is 31.4 Å². The summed E-state index contributed by atoms with van der Waals surface area (Å²) in [5, 5.41) is 33.8. The fourth-order valence-electron chi connectivity index (χ4n) is 7.72. The highest BCUT2D eigenvalue weighted by Crippen LogP contribution is 2.71. The predicted molar refractivity (Wildman–Crippen MR) is 115 cm³/mol. The molecule has 3 N–H and O–H groups in total. The van der Waals surface area contributed by atoms with E-state index in [1.807, 2.05) is 0 Å². The Morgan fingerprint density at radius 2 is 1.94 bits per heavy atom. The van der Waals surface area contributed by atoms with Gasteiger partial charge in [0.1, 0.15) is 11.8 Å². The van der Waals surface area contributed by atoms with Gasteiger partial charge in [0.2, 0.25) is 11.6 Å². The summed E-state index contributed by atoms with van der Waals surface area (Å²) in [4.78, 5) is 25.4. The van der Waals surface area contributed by atoms with Gasteiger partial charge < -0.3 is 20.1 Å². The van der Waals surface area contributed by atoms with Gasteiger partial charge in [-0.15, -0.1) is 0 Å². The van der Waals surface area contributed by atoms with Crippen molar-refractivity contribution in [2.75, 3.05) is 6.61 Å². The number of allylic oxidation sites excluding steroid dienone is 4. The highest BCUT2D eigenvalue weighted by atomic mass is 19.1. The van der Waals surface area contributed by atoms with Gasteiger partial charge in [0.25, 0.3) is 0 Å². The van der Waals surface area contributed by atoms with Crippen molar-refractivity contribution in [3.05, 3.63) is 23.8 Å². The molecule has 0 radical (unpaired) electrons. The lowest BCUT2D eigenvalue weighted by atomic mass is 9.44. The Morgan fingerprint density at radius 1 is 1.30 bits per heavy atom. The molecule has 4 aliphatic carbocycles. The van der Waals surface area contributed by atoms with E-state index in [9.17, 15) is 24.9 Å². The zero-order chi connectivity index (χ0) is 24.8. The first-order valence-corrected chi connectivity index (χ1v) is 11.7. The van der Waals surface area contributed by atoms with Crippen LogP contribution in [0.3, 0.4) is 0 Å². The van der Waals surface area contributed by atoms with Gasteiger partial charge in [-0.25, -0.2) is 8.78 Å². The molecule has 0 heterocycles. The average Bonchev–Trinajstić information content (AvgIpc) is 2.92. The van der Waals surface area contributed by atoms with E-state index < -0.39 is 69.5 Å². The highest BCUT2D eigenvalue weighted by molar-refractivity contribution is 6.01. The molecular formula is C25H34F2O6. The third-order valence-electron chi connectivity index (χ3n) is 9.40. The van der Waals surface area contributed by atoms with E-state index >= 15 is 8.78 Å². The second-order valence-corrected chi connectivity index (χ2v) is 11.0. The molecular weight excluding hydrogens is 434 g/mol. The molecule has 0 saturated heterocycles. The van der Waals surface area contributed by atoms with Crippen LogP contribution in [0.1, 0.15) is 53.9 Å². The maximum Gasteiger partial charge on any atom is 0.226 e. The van der Waals surface area contributed by atoms with Gasteiger partial charge in [0.05, 0.1) is 6.10 Å². The summed E-state index contributed by atoms with van der Waals surface area (Å²) in [5.74, 6) is -5.97. The molecule has 3 fully saturated rings. The van der Waals surface area contributed by atoms with Gasteiger partial charge >= 0.3 is 0 Å². The highest BCUT2D eigenvalue weighted by Gasteiger charge is 2.77. The van der Waals surface area contributed by atoms with Crippen molar-refractivity contribution in [1.82, 2.24) is 0 Å². The fourth-order valence-corrected chi connectivity index (χ4v) is 7.72. The third-order valence-corrected chi connectivity index (χ3v) is 9.40. The number of carbonyl (C=O) groups is 2. The minimum absolute atomic E-state index is 0.0214. The van der Waals surface area contributed by atoms with E-state index in [0.29, 0.717) is 0 Å². The molecule has 8 heteroatoms. The largest absolute Gasteiger partial charge is 0.390 e. The third kappa shape index (κ3) is 2.84. The number of fused-ring (bicyclic) bond motifs is 5. The van der Waals surface area contributed by atoms with Crippen molar-refractivity contribution in [2.24, 2.45) is 28.6 Å². The minimum atomic E-state index is -2.29. The summed E-state index contributed by atoms with van der Waals surface area (Å²) in [6.07, 6.45) is 0.133. The van der Waals surface area contributed by atoms with E-state index in [0.717, 1.165) is 6.08 Å². The molecule has 0 bridgehead atoms. The van der Waals surface area contributed by atoms with Gasteiger partial charge in [-0.05, 0) is 69.6 Å². The van der Waals surface area contributed by atoms with E-state index in [1.165, 1.54) is 26.0 Å². The first kappa shape index (κ1) is 24.6. The van der Waals surface area contributed by atoms with Crippen LogP contribution < -0.4 is 0 Å². The summed E-state index contributed by atoms with van der Waals surface area (Å²) >= 11 is 0. The SMILES string of the molecule is CCOC(C)(O)C(=O)[C@@]1(O)[C@H](C)C[C@H]2[C@@H]3C[C@H](F)C4=CC(=O)C=C[C@]4(C)[C@@]3(F)[C@@H](O)C[C@@]21C. The van der Waals surface area contributed by atoms with E-state index in [1.54, 1.807) is 20.8 Å². The molecule has 0 aromatic carbocycles. The molecule has 33 heavy (non-hydrogen) atoms. The number of carbonyl (C=O) groups excluding carboxylic acids is 2. The van der Waals surface area contributed by atoms with Crippen LogP contribution in [0.25, 0.3) is 0 Å². The standard InChI is InChI=1S/C25H34F2O6/c1-6-33-23(5,31)20(30)25(32)13(2)9-15-16-11-18(26)17-10-14(28)7-8-21(17,3)24(16,27)19(29)12-22(15,25)4/h7-8,10,13,15-16,18-19,29,31-32H,6,9,11-12H2,1-5H3/t13-,15+,16+,18+,19+,21+,22+,23?,24+,25+/m1/s1. The maximum atomic E-state index is 17.1. The quantitative estimate of drug-likeness (QED) is 0.548. The maximum absolute atomic E-state index is 17.1. The number of aliphatic hydroxyl groups is 3. The van der Waals surface area contributed by atoms with Crippen molar-refractivity contribution in [2.45, 2.75) is 83.2 Å². The molecule has 4 aliphatic rings. The van der Waals surface area contributed by atoms with Gasteiger partial charge in [-0.2, -0.15) is 0 Å². The smallest absolute Gasteiger partial charge is 0.226 e. The number of halogens is 2. The number of hydrogen-bond acceptors (Lipinski definition) is 6. The van der Waals surface area contributed by atoms with Crippen molar-refractivity contribution < 1.29 is 38.4 Å². The number of rotatable bonds is 4. The van der Waals surface area contributed by atoms with Crippen LogP contribution in [0.15, 0.2) is 23.8 Å². The molecule has 184 valence electrons. The van der Waals surface area contributed by atoms with Crippen LogP contribution in [-0.2, 0) is 14.3 Å². The van der Waals surface area contributed by atoms with Crippen LogP contribution in [0.2, 0.25) is 0 Å². The zero-order valence-electron chi connectivity index (χ0n) is 19.8. The second kappa shape index (κ2) is 7.26. The Kier molecular flexibility index (Phi) is 5.42. The summed E-state index contributed by atoms with van der Waals surface area (Å²) in [7, 11) is 0. The predicted octanol–water partition coefficient (Wildman–Crippen LogP) is 2.60. The Bertz CT molecular complexity index is 945. The summed E-state index contributed by atoms with van der Waals surface area (Å²) in [6.45, 7) is 7.57. The molecule has 0 aliphatic heterocycles. The van der Waals surface area contributed by atoms with Crippen LogP contribution >= 0.6 is 0 Å². The van der Waals surface area contributed by atoms with Gasteiger partial charge in [0, 0.05) is 23.4 Å². The first-order chi connectivity index (χ1) is 15.1. The van der Waals surface area contributed by atoms with Crippen LogP contribution in [0.4, 0.5) is 8.78 Å². The van der Waals surface area contributed by atoms with Crippen LogP contribution in [0, 0.1) is 28.6 Å². The van der Waals surface area contributed by atoms with Crippen molar-refractivity contribution in [3.63, 3.8) is 0 Å². The topological polar surface area (TPSA) is 104 Å². The summed E-state index contributed by atoms with van der Waals surface area (Å²) in [5.41, 5.74) is -7.24. The Morgan fingerprint density at radius 3 is 2.55 bits per heavy atom. The molecule has 4 rings (SSSR count). The number of ether oxygens (including phenoxy) is 1. The molecule has 0 spiro atoms. The van der Waals surface area contributed by atoms with Crippen LogP contribution in [-0.4, -0.2) is 62.8 Å². The number of hydrogen-bond donors (Lipinski definition) is 3. The summed E-state index contributed by atoms with van der Waals surface area (Å²) < 4.78 is 37.8. The van der Waals surface area contributed by atoms with Crippen molar-refractivity contribution in [3.8, 4) is 0 Å². The average molecular weight is 469 g/mol. The van der Waals surface area contributed by atoms with E-state index in [4.69, 9.17) is 4.74 Å². The number of ketones is 2. The normalized spacial score (nSPS) is 50.7. The number of aliphatic hydroxyl groups excluding tert-OH is 1. The van der Waals surface area contributed by atoms with Crippen LogP contribution in [0.5, 0.6) is 0 Å². The number of alkyl halides is 2. The van der Waals surface area contributed by atoms with Gasteiger partial charge in [0.15, 0.2) is 11.5 Å². The first-order valence-electron chi connectivity index (χ1n) is 11.7. The Labute approximate surface area is 192 Å². The molecule has 0 aromatic rings. The minimum Gasteiger partial charge on any atom is -0.390 e. The lowest BCUT2D eigenvalue weighted by Crippen LogP contribution is -2.71. The zero-order valence-corrected chi connectivity index (χ0v) is 19.8. The van der Waals surface area contributed by atoms with Crippen molar-refractivity contribution in [1.29, 1.82) is 0 Å². The Balaban J connectivity index is 1.83. The second-order valence-electron chi connectivity index (χ2n) is 11.0. The lowest BCUT2D eigenvalue weighted by Gasteiger charge is -2.63. The van der Waals surface area contributed by atoms with E-state index in [2.05, 4.69) is 0 Å². The molecule has 6 nitrogen and oxygen atoms in total.